The first-order chi connectivity index (χ1) is 12.0. The minimum atomic E-state index is -5.31. The molecule has 26 heavy (non-hydrogen) atoms. The van der Waals surface area contributed by atoms with Crippen molar-refractivity contribution < 1.29 is 31.1 Å². The van der Waals surface area contributed by atoms with E-state index in [2.05, 4.69) is 15.0 Å². The first-order valence-corrected chi connectivity index (χ1v) is 8.59. The number of aromatic nitrogens is 3. The number of nitrogens with zero attached hydrogens (tertiary/aromatic N) is 3. The lowest BCUT2D eigenvalue weighted by Crippen LogP contribution is -2.65. The molecule has 0 amide bonds. The lowest BCUT2D eigenvalue weighted by molar-refractivity contribution is -0.207. The Bertz CT molecular complexity index is 883. The third kappa shape index (κ3) is 3.85. The topological polar surface area (TPSA) is 103 Å². The van der Waals surface area contributed by atoms with Gasteiger partial charge in [-0.25, -0.2) is 13.2 Å². The number of sulfonamides is 1. The fourth-order valence-corrected chi connectivity index (χ4v) is 3.60. The lowest BCUT2D eigenvalue weighted by Gasteiger charge is -2.32. The summed E-state index contributed by atoms with van der Waals surface area (Å²) in [7, 11) is -2.55. The molecular weight excluding hydrogens is 377 g/mol. The molecule has 0 fully saturated rings. The molecule has 1 N–H and O–H groups in total. The van der Waals surface area contributed by atoms with Crippen molar-refractivity contribution in [2.45, 2.75) is 23.0 Å². The summed E-state index contributed by atoms with van der Waals surface area (Å²) in [4.78, 5) is 11.6. The van der Waals surface area contributed by atoms with Crippen LogP contribution in [0.4, 0.5) is 13.2 Å². The van der Waals surface area contributed by atoms with Gasteiger partial charge in [0.1, 0.15) is 0 Å². The number of aryl methyl sites for hydroxylation is 1. The first-order valence-electron chi connectivity index (χ1n) is 7.11. The van der Waals surface area contributed by atoms with Gasteiger partial charge in [-0.2, -0.15) is 17.9 Å². The van der Waals surface area contributed by atoms with Crippen molar-refractivity contribution in [3.05, 3.63) is 42.2 Å². The Morgan fingerprint density at radius 3 is 2.35 bits per heavy atom. The van der Waals surface area contributed by atoms with Gasteiger partial charge in [-0.15, -0.1) is 5.10 Å². The molecule has 1 aromatic carbocycles. The second-order valence-corrected chi connectivity index (χ2v) is 7.06. The van der Waals surface area contributed by atoms with Crippen molar-refractivity contribution >= 4 is 16.0 Å². The smallest absolute Gasteiger partial charge is 0.418 e. The normalized spacial score (nSPS) is 14.7. The molecule has 0 radical (unpaired) electrons. The number of hydrogen-bond donors (Lipinski definition) is 1. The molecule has 0 saturated heterocycles. The third-order valence-electron chi connectivity index (χ3n) is 3.48. The fraction of sp³-hybridized carbons (Fsp3) is 0.357. The molecule has 1 aromatic heterocycles. The number of carbonyl (C=O) groups excluding carboxylic acids is 1. The van der Waals surface area contributed by atoms with Gasteiger partial charge in [0.05, 0.1) is 17.7 Å². The van der Waals surface area contributed by atoms with Crippen LogP contribution in [0.25, 0.3) is 0 Å². The van der Waals surface area contributed by atoms with Gasteiger partial charge in [-0.05, 0) is 12.1 Å². The number of halogens is 3. The van der Waals surface area contributed by atoms with Gasteiger partial charge < -0.3 is 4.74 Å². The van der Waals surface area contributed by atoms with E-state index in [1.807, 2.05) is 0 Å². The van der Waals surface area contributed by atoms with Crippen LogP contribution in [0.3, 0.4) is 0 Å². The standard InChI is InChI=1S/C14H15F3N4O4S/c1-21-9-10(18-20-21)8-13(12(22)25-2,14(15,16)17)19-26(23,24)11-6-4-3-5-7-11/h3-7,9,19H,8H2,1-2H3. The Kier molecular flexibility index (Phi) is 5.37. The molecule has 0 aliphatic carbocycles. The molecule has 0 spiro atoms. The molecule has 1 heterocycles. The van der Waals surface area contributed by atoms with Gasteiger partial charge in [0.2, 0.25) is 15.6 Å². The van der Waals surface area contributed by atoms with Gasteiger partial charge in [0, 0.05) is 19.7 Å². The number of rotatable bonds is 6. The second-order valence-electron chi connectivity index (χ2n) is 5.37. The molecule has 8 nitrogen and oxygen atoms in total. The maximum absolute atomic E-state index is 13.9. The van der Waals surface area contributed by atoms with Gasteiger partial charge in [0.25, 0.3) is 0 Å². The lowest BCUT2D eigenvalue weighted by atomic mass is 9.94. The quantitative estimate of drug-likeness (QED) is 0.730. The van der Waals surface area contributed by atoms with Gasteiger partial charge in [-0.1, -0.05) is 23.4 Å². The largest absolute Gasteiger partial charge is 0.467 e. The van der Waals surface area contributed by atoms with E-state index in [-0.39, 0.29) is 5.69 Å². The van der Waals surface area contributed by atoms with Crippen LogP contribution in [0.1, 0.15) is 5.69 Å². The third-order valence-corrected chi connectivity index (χ3v) is 4.99. The van der Waals surface area contributed by atoms with Crippen LogP contribution in [0.2, 0.25) is 0 Å². The van der Waals surface area contributed by atoms with Crippen LogP contribution in [0.5, 0.6) is 0 Å². The van der Waals surface area contributed by atoms with Crippen molar-refractivity contribution in [2.75, 3.05) is 7.11 Å². The summed E-state index contributed by atoms with van der Waals surface area (Å²) in [6.07, 6.45) is -5.29. The molecule has 2 rings (SSSR count). The highest BCUT2D eigenvalue weighted by Gasteiger charge is 2.64. The summed E-state index contributed by atoms with van der Waals surface area (Å²) in [6.45, 7) is 0. The van der Waals surface area contributed by atoms with E-state index >= 15 is 0 Å². The molecule has 1 atom stereocenters. The van der Waals surface area contributed by atoms with E-state index in [1.54, 1.807) is 0 Å². The van der Waals surface area contributed by atoms with Crippen LogP contribution in [-0.2, 0) is 33.0 Å². The van der Waals surface area contributed by atoms with Crippen LogP contribution in [-0.4, -0.2) is 48.2 Å². The Morgan fingerprint density at radius 2 is 1.88 bits per heavy atom. The van der Waals surface area contributed by atoms with Gasteiger partial charge in [-0.3, -0.25) is 4.68 Å². The monoisotopic (exact) mass is 392 g/mol. The van der Waals surface area contributed by atoms with Crippen LogP contribution in [0, 0.1) is 0 Å². The van der Waals surface area contributed by atoms with E-state index in [4.69, 9.17) is 0 Å². The Labute approximate surface area is 147 Å². The predicted molar refractivity (Wildman–Crippen MR) is 82.3 cm³/mol. The summed E-state index contributed by atoms with van der Waals surface area (Å²) < 4.78 is 73.4. The van der Waals surface area contributed by atoms with E-state index in [0.717, 1.165) is 30.1 Å². The van der Waals surface area contributed by atoms with Crippen molar-refractivity contribution in [3.8, 4) is 0 Å². The highest BCUT2D eigenvalue weighted by Crippen LogP contribution is 2.35. The zero-order valence-electron chi connectivity index (χ0n) is 13.7. The summed E-state index contributed by atoms with van der Waals surface area (Å²) in [5.74, 6) is -1.81. The molecule has 0 aliphatic heterocycles. The maximum atomic E-state index is 13.9. The minimum absolute atomic E-state index is 0.244. The first kappa shape index (κ1) is 19.8. The SMILES string of the molecule is COC(=O)C(Cc1cn(C)nn1)(NS(=O)(=O)c1ccccc1)C(F)(F)F. The summed E-state index contributed by atoms with van der Waals surface area (Å²) in [6, 6.07) is 6.37. The van der Waals surface area contributed by atoms with E-state index in [1.165, 1.54) is 30.0 Å². The second kappa shape index (κ2) is 7.03. The number of ether oxygens (including phenoxy) is 1. The Morgan fingerprint density at radius 1 is 1.27 bits per heavy atom. The maximum Gasteiger partial charge on any atom is 0.418 e. The van der Waals surface area contributed by atoms with Crippen molar-refractivity contribution in [3.63, 3.8) is 0 Å². The zero-order valence-corrected chi connectivity index (χ0v) is 14.5. The van der Waals surface area contributed by atoms with E-state index in [9.17, 15) is 26.4 Å². The number of hydrogen-bond acceptors (Lipinski definition) is 6. The number of benzene rings is 1. The van der Waals surface area contributed by atoms with Crippen molar-refractivity contribution in [2.24, 2.45) is 7.05 Å². The molecular formula is C14H15F3N4O4S. The van der Waals surface area contributed by atoms with Gasteiger partial charge in [0.15, 0.2) is 0 Å². The number of alkyl halides is 3. The van der Waals surface area contributed by atoms with E-state index < -0.39 is 39.0 Å². The molecule has 0 saturated carbocycles. The van der Waals surface area contributed by atoms with Crippen LogP contribution in [0.15, 0.2) is 41.4 Å². The Balaban J connectivity index is 2.57. The van der Waals surface area contributed by atoms with Crippen molar-refractivity contribution in [1.29, 1.82) is 0 Å². The number of methoxy groups -OCH3 is 1. The van der Waals surface area contributed by atoms with E-state index in [0.29, 0.717) is 0 Å². The molecule has 2 aromatic rings. The Hall–Kier alpha value is -2.47. The van der Waals surface area contributed by atoms with Crippen molar-refractivity contribution in [1.82, 2.24) is 19.7 Å². The molecule has 1 unspecified atom stereocenters. The average molecular weight is 392 g/mol. The highest BCUT2D eigenvalue weighted by molar-refractivity contribution is 7.89. The predicted octanol–water partition coefficient (Wildman–Crippen LogP) is 0.810. The molecule has 0 aliphatic rings. The summed E-state index contributed by atoms with van der Waals surface area (Å²) in [5, 5.41) is 7.00. The molecule has 12 heteroatoms. The minimum Gasteiger partial charge on any atom is -0.467 e. The number of carbonyl (C=O) groups is 1. The van der Waals surface area contributed by atoms with Crippen LogP contribution < -0.4 is 4.72 Å². The van der Waals surface area contributed by atoms with Crippen LogP contribution >= 0.6 is 0 Å². The summed E-state index contributed by atoms with van der Waals surface area (Å²) >= 11 is 0. The van der Waals surface area contributed by atoms with Gasteiger partial charge >= 0.3 is 12.1 Å². The average Bonchev–Trinajstić information content (AvgIpc) is 2.97. The molecule has 142 valence electrons. The number of nitrogens with one attached hydrogen (secondary N) is 1. The molecule has 0 bridgehead atoms. The highest BCUT2D eigenvalue weighted by atomic mass is 32.2. The number of esters is 1. The summed E-state index contributed by atoms with van der Waals surface area (Å²) in [5.41, 5.74) is -3.81. The zero-order chi connectivity index (χ0) is 19.6. The fourth-order valence-electron chi connectivity index (χ4n) is 2.23.